The summed E-state index contributed by atoms with van der Waals surface area (Å²) in [7, 11) is 0. The monoisotopic (exact) mass is 224 g/mol. The molecule has 0 aliphatic heterocycles. The summed E-state index contributed by atoms with van der Waals surface area (Å²) >= 11 is 0. The first-order valence-electron chi connectivity index (χ1n) is 6.12. The highest BCUT2D eigenvalue weighted by Gasteiger charge is 2.24. The van der Waals surface area contributed by atoms with E-state index in [4.69, 9.17) is 0 Å². The second-order valence-corrected chi connectivity index (χ2v) is 4.77. The van der Waals surface area contributed by atoms with Crippen molar-refractivity contribution in [3.63, 3.8) is 0 Å². The van der Waals surface area contributed by atoms with Crippen molar-refractivity contribution in [3.8, 4) is 0 Å². The van der Waals surface area contributed by atoms with E-state index in [-0.39, 0.29) is 6.10 Å². The number of aliphatic hydroxyl groups is 1. The van der Waals surface area contributed by atoms with Gasteiger partial charge in [0, 0.05) is 12.3 Å². The van der Waals surface area contributed by atoms with Crippen LogP contribution in [0.2, 0.25) is 0 Å². The number of aliphatic hydroxyl groups excluding tert-OH is 1. The van der Waals surface area contributed by atoms with Gasteiger partial charge in [-0.1, -0.05) is 55.5 Å². The molecule has 1 heteroatoms. The standard InChI is InChI=1S/C16H16O/c1-11-13-7-3-2-6-12(13)10-16(17)15-9-5-4-8-14(11)15/h2-9,11,16-17H,10H2,1H3. The Kier molecular flexibility index (Phi) is 2.49. The predicted molar refractivity (Wildman–Crippen MR) is 69.1 cm³/mol. The Morgan fingerprint density at radius 3 is 2.24 bits per heavy atom. The molecule has 1 nitrogen and oxygen atoms in total. The van der Waals surface area contributed by atoms with Crippen molar-refractivity contribution in [2.45, 2.75) is 25.4 Å². The molecule has 0 saturated carbocycles. The Morgan fingerprint density at radius 2 is 1.47 bits per heavy atom. The average Bonchev–Trinajstić information content (AvgIpc) is 2.48. The molecule has 0 heterocycles. The molecule has 1 N–H and O–H groups in total. The van der Waals surface area contributed by atoms with Crippen LogP contribution < -0.4 is 0 Å². The summed E-state index contributed by atoms with van der Waals surface area (Å²) in [5, 5.41) is 10.3. The molecule has 0 radical (unpaired) electrons. The molecular formula is C16H16O. The maximum absolute atomic E-state index is 10.3. The summed E-state index contributed by atoms with van der Waals surface area (Å²) in [5.74, 6) is 0.361. The molecule has 2 atom stereocenters. The van der Waals surface area contributed by atoms with Crippen molar-refractivity contribution < 1.29 is 5.11 Å². The van der Waals surface area contributed by atoms with Crippen LogP contribution in [-0.2, 0) is 6.42 Å². The van der Waals surface area contributed by atoms with Gasteiger partial charge in [0.2, 0.25) is 0 Å². The number of fused-ring (bicyclic) bond motifs is 2. The molecule has 1 aliphatic carbocycles. The minimum atomic E-state index is -0.378. The van der Waals surface area contributed by atoms with E-state index in [9.17, 15) is 5.11 Å². The molecule has 0 amide bonds. The highest BCUT2D eigenvalue weighted by Crippen LogP contribution is 2.37. The van der Waals surface area contributed by atoms with Gasteiger partial charge in [-0.2, -0.15) is 0 Å². The van der Waals surface area contributed by atoms with Crippen molar-refractivity contribution in [2.75, 3.05) is 0 Å². The van der Waals surface area contributed by atoms with Crippen molar-refractivity contribution >= 4 is 0 Å². The summed E-state index contributed by atoms with van der Waals surface area (Å²) in [6, 6.07) is 16.7. The van der Waals surface area contributed by atoms with E-state index in [1.807, 2.05) is 18.2 Å². The Bertz CT molecular complexity index is 545. The molecular weight excluding hydrogens is 208 g/mol. The molecule has 2 aromatic rings. The Morgan fingerprint density at radius 1 is 0.882 bits per heavy atom. The number of benzene rings is 2. The zero-order chi connectivity index (χ0) is 11.8. The molecule has 86 valence electrons. The second-order valence-electron chi connectivity index (χ2n) is 4.77. The SMILES string of the molecule is CC1c2ccccc2CC(O)c2ccccc21. The van der Waals surface area contributed by atoms with Gasteiger partial charge in [0.15, 0.2) is 0 Å². The third-order valence-electron chi connectivity index (χ3n) is 3.76. The predicted octanol–water partition coefficient (Wildman–Crippen LogP) is 3.43. The van der Waals surface area contributed by atoms with E-state index < -0.39 is 0 Å². The first-order chi connectivity index (χ1) is 8.27. The van der Waals surface area contributed by atoms with E-state index in [1.165, 1.54) is 16.7 Å². The Balaban J connectivity index is 2.22. The van der Waals surface area contributed by atoms with E-state index >= 15 is 0 Å². The minimum Gasteiger partial charge on any atom is -0.388 e. The molecule has 3 rings (SSSR count). The highest BCUT2D eigenvalue weighted by atomic mass is 16.3. The van der Waals surface area contributed by atoms with Gasteiger partial charge >= 0.3 is 0 Å². The largest absolute Gasteiger partial charge is 0.388 e. The Labute approximate surface area is 102 Å². The van der Waals surface area contributed by atoms with Crippen LogP contribution in [0.5, 0.6) is 0 Å². The number of hydrogen-bond donors (Lipinski definition) is 1. The van der Waals surface area contributed by atoms with Crippen LogP contribution in [0.1, 0.15) is 41.2 Å². The fraction of sp³-hybridized carbons (Fsp3) is 0.250. The summed E-state index contributed by atoms with van der Waals surface area (Å²) in [5.41, 5.74) is 4.95. The topological polar surface area (TPSA) is 20.2 Å². The lowest BCUT2D eigenvalue weighted by Gasteiger charge is -2.15. The molecule has 0 spiro atoms. The van der Waals surface area contributed by atoms with Crippen molar-refractivity contribution in [3.05, 3.63) is 70.8 Å². The quantitative estimate of drug-likeness (QED) is 0.727. The van der Waals surface area contributed by atoms with Gasteiger partial charge in [0.25, 0.3) is 0 Å². The lowest BCUT2D eigenvalue weighted by atomic mass is 9.90. The molecule has 0 saturated heterocycles. The molecule has 2 aromatic carbocycles. The third-order valence-corrected chi connectivity index (χ3v) is 3.76. The molecule has 2 unspecified atom stereocenters. The minimum absolute atomic E-state index is 0.361. The van der Waals surface area contributed by atoms with Crippen molar-refractivity contribution in [2.24, 2.45) is 0 Å². The van der Waals surface area contributed by atoms with Crippen molar-refractivity contribution in [1.29, 1.82) is 0 Å². The van der Waals surface area contributed by atoms with E-state index in [0.29, 0.717) is 5.92 Å². The molecule has 0 fully saturated rings. The third kappa shape index (κ3) is 1.67. The van der Waals surface area contributed by atoms with Crippen LogP contribution in [0, 0.1) is 0 Å². The van der Waals surface area contributed by atoms with Crippen molar-refractivity contribution in [1.82, 2.24) is 0 Å². The lowest BCUT2D eigenvalue weighted by Crippen LogP contribution is -2.02. The summed E-state index contributed by atoms with van der Waals surface area (Å²) in [4.78, 5) is 0. The molecule has 1 aliphatic rings. The van der Waals surface area contributed by atoms with Gasteiger partial charge in [0.05, 0.1) is 6.10 Å². The number of rotatable bonds is 0. The van der Waals surface area contributed by atoms with Crippen LogP contribution in [0.3, 0.4) is 0 Å². The highest BCUT2D eigenvalue weighted by molar-refractivity contribution is 5.45. The fourth-order valence-corrected chi connectivity index (χ4v) is 2.84. The zero-order valence-electron chi connectivity index (χ0n) is 9.93. The van der Waals surface area contributed by atoms with Crippen LogP contribution in [0.25, 0.3) is 0 Å². The molecule has 17 heavy (non-hydrogen) atoms. The average molecular weight is 224 g/mol. The maximum Gasteiger partial charge on any atom is 0.0833 e. The van der Waals surface area contributed by atoms with Crippen LogP contribution in [0.4, 0.5) is 0 Å². The van der Waals surface area contributed by atoms with Gasteiger partial charge in [-0.25, -0.2) is 0 Å². The van der Waals surface area contributed by atoms with E-state index in [0.717, 1.165) is 12.0 Å². The van der Waals surface area contributed by atoms with Crippen LogP contribution in [-0.4, -0.2) is 5.11 Å². The summed E-state index contributed by atoms with van der Waals surface area (Å²) < 4.78 is 0. The molecule has 0 bridgehead atoms. The normalized spacial score (nSPS) is 22.5. The summed E-state index contributed by atoms with van der Waals surface area (Å²) in [6.07, 6.45) is 0.342. The molecule has 0 aromatic heterocycles. The zero-order valence-corrected chi connectivity index (χ0v) is 9.93. The van der Waals surface area contributed by atoms with E-state index in [1.54, 1.807) is 0 Å². The maximum atomic E-state index is 10.3. The number of hydrogen-bond acceptors (Lipinski definition) is 1. The van der Waals surface area contributed by atoms with Gasteiger partial charge in [0.1, 0.15) is 0 Å². The van der Waals surface area contributed by atoms with Gasteiger partial charge in [-0.15, -0.1) is 0 Å². The first-order valence-corrected chi connectivity index (χ1v) is 6.12. The Hall–Kier alpha value is -1.60. The van der Waals surface area contributed by atoms with E-state index in [2.05, 4.69) is 37.3 Å². The lowest BCUT2D eigenvalue weighted by molar-refractivity contribution is 0.178. The summed E-state index contributed by atoms with van der Waals surface area (Å²) in [6.45, 7) is 2.22. The van der Waals surface area contributed by atoms with Crippen LogP contribution in [0.15, 0.2) is 48.5 Å². The van der Waals surface area contributed by atoms with Gasteiger partial charge < -0.3 is 5.11 Å². The van der Waals surface area contributed by atoms with Crippen LogP contribution >= 0.6 is 0 Å². The smallest absolute Gasteiger partial charge is 0.0833 e. The van der Waals surface area contributed by atoms with Gasteiger partial charge in [-0.3, -0.25) is 0 Å². The second kappa shape index (κ2) is 4.01. The first kappa shape index (κ1) is 10.5. The fourth-order valence-electron chi connectivity index (χ4n) is 2.84. The van der Waals surface area contributed by atoms with Gasteiger partial charge in [-0.05, 0) is 22.3 Å².